The first-order chi connectivity index (χ1) is 9.90. The zero-order valence-electron chi connectivity index (χ0n) is 12.4. The maximum absolute atomic E-state index is 11.2. The fourth-order valence-electron chi connectivity index (χ4n) is 3.62. The van der Waals surface area contributed by atoms with Gasteiger partial charge in [-0.25, -0.2) is 8.42 Å². The topological polar surface area (TPSA) is 58.2 Å². The summed E-state index contributed by atoms with van der Waals surface area (Å²) in [4.78, 5) is 0. The Labute approximate surface area is 126 Å². The third kappa shape index (κ3) is 3.40. The zero-order valence-corrected chi connectivity index (χ0v) is 13.2. The lowest BCUT2D eigenvalue weighted by Crippen LogP contribution is -2.28. The third-order valence-corrected chi connectivity index (χ3v) is 5.16. The van der Waals surface area contributed by atoms with E-state index in [0.717, 1.165) is 23.8 Å². The lowest BCUT2D eigenvalue weighted by Gasteiger charge is -2.27. The van der Waals surface area contributed by atoms with Gasteiger partial charge in [-0.3, -0.25) is 4.72 Å². The Morgan fingerprint density at radius 3 is 2.29 bits per heavy atom. The Hall–Kier alpha value is -1.49. The number of hydrogen-bond acceptors (Lipinski definition) is 3. The second-order valence-electron chi connectivity index (χ2n) is 6.33. The molecule has 1 aromatic carbocycles. The first kappa shape index (κ1) is 14.4. The fraction of sp³-hybridized carbons (Fsp3) is 0.500. The molecule has 0 heterocycles. The third-order valence-electron chi connectivity index (χ3n) is 4.55. The molecule has 0 aromatic heterocycles. The van der Waals surface area contributed by atoms with E-state index in [9.17, 15) is 8.42 Å². The maximum atomic E-state index is 11.2. The van der Waals surface area contributed by atoms with Crippen molar-refractivity contribution in [2.24, 2.45) is 17.8 Å². The monoisotopic (exact) mass is 306 g/mol. The highest BCUT2D eigenvalue weighted by Crippen LogP contribution is 2.45. The van der Waals surface area contributed by atoms with E-state index in [0.29, 0.717) is 17.6 Å². The van der Waals surface area contributed by atoms with Crippen LogP contribution in [0.1, 0.15) is 19.8 Å². The molecule has 0 aliphatic heterocycles. The second kappa shape index (κ2) is 5.37. The van der Waals surface area contributed by atoms with Gasteiger partial charge in [0.25, 0.3) is 0 Å². The highest BCUT2D eigenvalue weighted by atomic mass is 32.2. The molecule has 5 heteroatoms. The molecule has 21 heavy (non-hydrogen) atoms. The van der Waals surface area contributed by atoms with E-state index in [1.807, 2.05) is 12.1 Å². The summed E-state index contributed by atoms with van der Waals surface area (Å²) in [6.45, 7) is 2.24. The lowest BCUT2D eigenvalue weighted by molar-refractivity contribution is 0.400. The molecule has 2 N–H and O–H groups in total. The van der Waals surface area contributed by atoms with Crippen LogP contribution in [0.15, 0.2) is 36.4 Å². The van der Waals surface area contributed by atoms with Crippen molar-refractivity contribution in [3.05, 3.63) is 36.4 Å². The minimum Gasteiger partial charge on any atom is -0.382 e. The highest BCUT2D eigenvalue weighted by Gasteiger charge is 2.38. The number of anilines is 2. The minimum atomic E-state index is -3.21. The summed E-state index contributed by atoms with van der Waals surface area (Å²) in [5, 5.41) is 3.55. The summed E-state index contributed by atoms with van der Waals surface area (Å²) < 4.78 is 24.8. The first-order valence-electron chi connectivity index (χ1n) is 7.43. The maximum Gasteiger partial charge on any atom is 0.229 e. The van der Waals surface area contributed by atoms with E-state index in [2.05, 4.69) is 29.1 Å². The van der Waals surface area contributed by atoms with E-state index >= 15 is 0 Å². The summed E-state index contributed by atoms with van der Waals surface area (Å²) in [7, 11) is -3.21. The number of hydrogen-bond donors (Lipinski definition) is 2. The van der Waals surface area contributed by atoms with Gasteiger partial charge in [-0.15, -0.1) is 0 Å². The highest BCUT2D eigenvalue weighted by molar-refractivity contribution is 7.92. The van der Waals surface area contributed by atoms with Crippen molar-refractivity contribution >= 4 is 21.4 Å². The number of nitrogens with one attached hydrogen (secondary N) is 2. The number of sulfonamides is 1. The Kier molecular flexibility index (Phi) is 3.69. The van der Waals surface area contributed by atoms with Crippen LogP contribution in [0.5, 0.6) is 0 Å². The smallest absolute Gasteiger partial charge is 0.229 e. The quantitative estimate of drug-likeness (QED) is 0.822. The molecule has 1 aromatic rings. The Bertz CT molecular complexity index is 637. The van der Waals surface area contributed by atoms with E-state index in [1.165, 1.54) is 12.8 Å². The Balaban J connectivity index is 1.61. The number of fused-ring (bicyclic) bond motifs is 2. The molecule has 4 atom stereocenters. The summed E-state index contributed by atoms with van der Waals surface area (Å²) in [6.07, 6.45) is 8.48. The molecule has 1 saturated carbocycles. The molecule has 114 valence electrons. The number of allylic oxidation sites excluding steroid dienone is 2. The van der Waals surface area contributed by atoms with Crippen LogP contribution in [0.25, 0.3) is 0 Å². The van der Waals surface area contributed by atoms with Crippen LogP contribution in [-0.2, 0) is 10.0 Å². The SMILES string of the molecule is CC(Nc1ccc(NS(C)(=O)=O)cc1)C1CC2C=CC1C2. The predicted molar refractivity (Wildman–Crippen MR) is 86.8 cm³/mol. The van der Waals surface area contributed by atoms with E-state index < -0.39 is 10.0 Å². The van der Waals surface area contributed by atoms with Gasteiger partial charge in [0.15, 0.2) is 0 Å². The van der Waals surface area contributed by atoms with Gasteiger partial charge in [0.1, 0.15) is 0 Å². The summed E-state index contributed by atoms with van der Waals surface area (Å²) in [6, 6.07) is 7.85. The van der Waals surface area contributed by atoms with Crippen molar-refractivity contribution < 1.29 is 8.42 Å². The van der Waals surface area contributed by atoms with Crippen molar-refractivity contribution in [3.63, 3.8) is 0 Å². The molecule has 2 bridgehead atoms. The van der Waals surface area contributed by atoms with Gasteiger partial charge >= 0.3 is 0 Å². The molecule has 2 aliphatic carbocycles. The van der Waals surface area contributed by atoms with Crippen LogP contribution in [0.4, 0.5) is 11.4 Å². The molecule has 0 radical (unpaired) electrons. The average molecular weight is 306 g/mol. The molecule has 2 aliphatic rings. The largest absolute Gasteiger partial charge is 0.382 e. The van der Waals surface area contributed by atoms with Crippen LogP contribution >= 0.6 is 0 Å². The van der Waals surface area contributed by atoms with Crippen molar-refractivity contribution in [3.8, 4) is 0 Å². The Morgan fingerprint density at radius 2 is 1.76 bits per heavy atom. The van der Waals surface area contributed by atoms with Gasteiger partial charge in [0.2, 0.25) is 10.0 Å². The van der Waals surface area contributed by atoms with Crippen molar-refractivity contribution in [2.45, 2.75) is 25.8 Å². The molecule has 0 saturated heterocycles. The van der Waals surface area contributed by atoms with Crippen LogP contribution in [0.2, 0.25) is 0 Å². The van der Waals surface area contributed by atoms with Crippen molar-refractivity contribution in [1.82, 2.24) is 0 Å². The second-order valence-corrected chi connectivity index (χ2v) is 8.08. The van der Waals surface area contributed by atoms with E-state index in [4.69, 9.17) is 0 Å². The fourth-order valence-corrected chi connectivity index (χ4v) is 4.18. The zero-order chi connectivity index (χ0) is 15.0. The molecular weight excluding hydrogens is 284 g/mol. The molecule has 3 rings (SSSR count). The molecule has 0 amide bonds. The van der Waals surface area contributed by atoms with Crippen LogP contribution in [0, 0.1) is 17.8 Å². The van der Waals surface area contributed by atoms with Gasteiger partial charge in [-0.05, 0) is 61.8 Å². The van der Waals surface area contributed by atoms with Crippen molar-refractivity contribution in [2.75, 3.05) is 16.3 Å². The van der Waals surface area contributed by atoms with E-state index in [-0.39, 0.29) is 0 Å². The first-order valence-corrected chi connectivity index (χ1v) is 9.32. The van der Waals surface area contributed by atoms with Gasteiger partial charge in [0, 0.05) is 17.4 Å². The van der Waals surface area contributed by atoms with Gasteiger partial charge in [-0.1, -0.05) is 12.2 Å². The Morgan fingerprint density at radius 1 is 1.10 bits per heavy atom. The van der Waals surface area contributed by atoms with Crippen LogP contribution < -0.4 is 10.0 Å². The van der Waals surface area contributed by atoms with Gasteiger partial charge in [0.05, 0.1) is 6.26 Å². The molecular formula is C16H22N2O2S. The van der Waals surface area contributed by atoms with Crippen molar-refractivity contribution in [1.29, 1.82) is 0 Å². The average Bonchev–Trinajstić information content (AvgIpc) is 3.01. The summed E-state index contributed by atoms with van der Waals surface area (Å²) in [5.74, 6) is 2.21. The van der Waals surface area contributed by atoms with Gasteiger partial charge in [-0.2, -0.15) is 0 Å². The molecule has 1 fully saturated rings. The van der Waals surface area contributed by atoms with Crippen LogP contribution in [0.3, 0.4) is 0 Å². The van der Waals surface area contributed by atoms with E-state index in [1.54, 1.807) is 12.1 Å². The summed E-state index contributed by atoms with van der Waals surface area (Å²) in [5.41, 5.74) is 1.63. The normalized spacial score (nSPS) is 28.6. The summed E-state index contributed by atoms with van der Waals surface area (Å²) >= 11 is 0. The predicted octanol–water partition coefficient (Wildman–Crippen LogP) is 3.07. The molecule has 0 spiro atoms. The molecule has 4 unspecified atom stereocenters. The minimum absolute atomic E-state index is 0.429. The van der Waals surface area contributed by atoms with Crippen LogP contribution in [-0.4, -0.2) is 20.7 Å². The molecule has 4 nitrogen and oxygen atoms in total. The standard InChI is InChI=1S/C16H22N2O2S/c1-11(16-10-12-3-4-13(16)9-12)17-14-5-7-15(8-6-14)18-21(2,19)20/h3-8,11-13,16-18H,9-10H2,1-2H3. The number of benzene rings is 1. The number of rotatable bonds is 5. The van der Waals surface area contributed by atoms with Gasteiger partial charge < -0.3 is 5.32 Å². The lowest BCUT2D eigenvalue weighted by atomic mass is 9.87.